The number of amides is 1. The van der Waals surface area contributed by atoms with E-state index in [0.29, 0.717) is 12.5 Å². The normalized spacial score (nSPS) is 12.8. The molecule has 1 amide bonds. The SMILES string of the molecule is CCCN(c1nc2c(C(C)C)c(-c3cn4ncnc4c(C)c3C)[nH]c2s1)[C@@H](C)CNCC(N)=O. The third-order valence-electron chi connectivity index (χ3n) is 6.33. The van der Waals surface area contributed by atoms with Crippen molar-refractivity contribution in [2.24, 2.45) is 5.73 Å². The summed E-state index contributed by atoms with van der Waals surface area (Å²) in [5, 5.41) is 8.51. The van der Waals surface area contributed by atoms with Crippen LogP contribution in [0.1, 0.15) is 56.7 Å². The Morgan fingerprint density at radius 3 is 2.74 bits per heavy atom. The minimum atomic E-state index is -0.347. The van der Waals surface area contributed by atoms with E-state index in [1.165, 1.54) is 11.1 Å². The molecule has 4 aromatic rings. The van der Waals surface area contributed by atoms with Gasteiger partial charge in [0, 0.05) is 36.5 Å². The molecule has 0 unspecified atom stereocenters. The van der Waals surface area contributed by atoms with Crippen LogP contribution in [0.2, 0.25) is 0 Å². The summed E-state index contributed by atoms with van der Waals surface area (Å²) in [4.78, 5) is 27.7. The Hall–Kier alpha value is -2.98. The number of anilines is 1. The average molecular weight is 483 g/mol. The largest absolute Gasteiger partial charge is 0.369 e. The Balaban J connectivity index is 1.76. The van der Waals surface area contributed by atoms with Crippen molar-refractivity contribution in [2.75, 3.05) is 24.5 Å². The Labute approximate surface area is 203 Å². The number of aromatic amines is 1. The molecule has 0 aliphatic carbocycles. The second-order valence-corrected chi connectivity index (χ2v) is 10.2. The molecule has 0 spiro atoms. The summed E-state index contributed by atoms with van der Waals surface area (Å²) in [6, 6.07) is 0.177. The second kappa shape index (κ2) is 9.71. The number of hydrogen-bond acceptors (Lipinski definition) is 7. The van der Waals surface area contributed by atoms with E-state index in [4.69, 9.17) is 10.7 Å². The molecular weight excluding hydrogens is 448 g/mol. The van der Waals surface area contributed by atoms with E-state index in [1.54, 1.807) is 17.7 Å². The zero-order chi connectivity index (χ0) is 24.6. The maximum atomic E-state index is 11.1. The monoisotopic (exact) mass is 482 g/mol. The standard InChI is InChI=1S/C24H34N8OS/c1-7-8-31(14(4)9-26-10-18(25)33)24-30-21-19(13(2)3)20(29-23(21)34-24)17-11-32-22(27-12-28-32)16(6)15(17)5/h11-14,26,29H,7-10H2,1-6H3,(H2,25,33)/t14-/m0/s1. The van der Waals surface area contributed by atoms with Crippen molar-refractivity contribution in [1.82, 2.24) is 29.9 Å². The molecule has 0 saturated heterocycles. The van der Waals surface area contributed by atoms with Crippen LogP contribution >= 0.6 is 11.3 Å². The summed E-state index contributed by atoms with van der Waals surface area (Å²) in [5.74, 6) is -0.0559. The number of carbonyl (C=O) groups excluding carboxylic acids is 1. The van der Waals surface area contributed by atoms with Crippen molar-refractivity contribution in [1.29, 1.82) is 0 Å². The smallest absolute Gasteiger partial charge is 0.231 e. The fourth-order valence-corrected chi connectivity index (χ4v) is 5.60. The highest BCUT2D eigenvalue weighted by molar-refractivity contribution is 7.21. The quantitative estimate of drug-likeness (QED) is 0.317. The first-order valence-corrected chi connectivity index (χ1v) is 12.6. The van der Waals surface area contributed by atoms with Gasteiger partial charge in [0.05, 0.1) is 12.2 Å². The van der Waals surface area contributed by atoms with Gasteiger partial charge in [-0.05, 0) is 44.2 Å². The number of H-pyrrole nitrogens is 1. The number of nitrogens with zero attached hydrogens (tertiary/aromatic N) is 5. The summed E-state index contributed by atoms with van der Waals surface area (Å²) < 4.78 is 1.85. The summed E-state index contributed by atoms with van der Waals surface area (Å²) >= 11 is 1.68. The molecule has 0 saturated carbocycles. The maximum absolute atomic E-state index is 11.1. The fraction of sp³-hybridized carbons (Fsp3) is 0.500. The van der Waals surface area contributed by atoms with Crippen LogP contribution in [0.15, 0.2) is 12.5 Å². The zero-order valence-corrected chi connectivity index (χ0v) is 21.6. The number of hydrogen-bond donors (Lipinski definition) is 3. The van der Waals surface area contributed by atoms with Crippen molar-refractivity contribution in [2.45, 2.75) is 59.9 Å². The molecule has 0 bridgehead atoms. The van der Waals surface area contributed by atoms with Crippen LogP contribution in [0.4, 0.5) is 5.13 Å². The first-order valence-electron chi connectivity index (χ1n) is 11.8. The van der Waals surface area contributed by atoms with Gasteiger partial charge < -0.3 is 20.9 Å². The molecule has 4 rings (SSSR count). The molecule has 1 atom stereocenters. The molecule has 0 aliphatic heterocycles. The van der Waals surface area contributed by atoms with E-state index in [0.717, 1.165) is 50.9 Å². The highest BCUT2D eigenvalue weighted by Gasteiger charge is 2.25. The average Bonchev–Trinajstić information content (AvgIpc) is 3.47. The summed E-state index contributed by atoms with van der Waals surface area (Å²) in [6.45, 7) is 14.7. The maximum Gasteiger partial charge on any atom is 0.231 e. The lowest BCUT2D eigenvalue weighted by Gasteiger charge is -2.28. The Bertz CT molecular complexity index is 1320. The number of carbonyl (C=O) groups is 1. The number of pyridine rings is 1. The number of aryl methyl sites for hydroxylation is 1. The van der Waals surface area contributed by atoms with E-state index in [9.17, 15) is 4.79 Å². The molecule has 0 fully saturated rings. The third-order valence-corrected chi connectivity index (χ3v) is 7.34. The van der Waals surface area contributed by atoms with E-state index in [2.05, 4.69) is 73.0 Å². The molecule has 0 aliphatic rings. The van der Waals surface area contributed by atoms with Crippen molar-refractivity contribution in [3.8, 4) is 11.3 Å². The fourth-order valence-electron chi connectivity index (χ4n) is 4.49. The number of rotatable bonds is 10. The molecule has 34 heavy (non-hydrogen) atoms. The van der Waals surface area contributed by atoms with Crippen LogP contribution in [0.25, 0.3) is 27.3 Å². The van der Waals surface area contributed by atoms with Gasteiger partial charge in [0.15, 0.2) is 10.8 Å². The van der Waals surface area contributed by atoms with Crippen molar-refractivity contribution in [3.05, 3.63) is 29.2 Å². The van der Waals surface area contributed by atoms with Gasteiger partial charge >= 0.3 is 0 Å². The van der Waals surface area contributed by atoms with Gasteiger partial charge in [-0.25, -0.2) is 14.5 Å². The Morgan fingerprint density at radius 2 is 2.06 bits per heavy atom. The van der Waals surface area contributed by atoms with Gasteiger partial charge in [0.2, 0.25) is 5.91 Å². The number of fused-ring (bicyclic) bond motifs is 2. The molecule has 4 N–H and O–H groups in total. The number of aromatic nitrogens is 5. The highest BCUT2D eigenvalue weighted by atomic mass is 32.1. The van der Waals surface area contributed by atoms with Crippen LogP contribution in [-0.4, -0.2) is 56.1 Å². The molecule has 9 nitrogen and oxygen atoms in total. The predicted octanol–water partition coefficient (Wildman–Crippen LogP) is 3.75. The first-order chi connectivity index (χ1) is 16.2. The minimum Gasteiger partial charge on any atom is -0.369 e. The van der Waals surface area contributed by atoms with E-state index < -0.39 is 0 Å². The summed E-state index contributed by atoms with van der Waals surface area (Å²) in [6.07, 6.45) is 4.66. The summed E-state index contributed by atoms with van der Waals surface area (Å²) in [7, 11) is 0. The van der Waals surface area contributed by atoms with Crippen molar-refractivity contribution >= 4 is 38.4 Å². The lowest BCUT2D eigenvalue weighted by Crippen LogP contribution is -2.43. The summed E-state index contributed by atoms with van der Waals surface area (Å²) in [5.41, 5.74) is 13.0. The molecule has 10 heteroatoms. The van der Waals surface area contributed by atoms with Gasteiger partial charge in [-0.3, -0.25) is 4.79 Å². The van der Waals surface area contributed by atoms with Gasteiger partial charge in [-0.2, -0.15) is 5.10 Å². The molecule has 0 radical (unpaired) electrons. The molecule has 4 heterocycles. The zero-order valence-electron chi connectivity index (χ0n) is 20.8. The van der Waals surface area contributed by atoms with Crippen LogP contribution in [0.5, 0.6) is 0 Å². The van der Waals surface area contributed by atoms with Crippen LogP contribution < -0.4 is 16.0 Å². The van der Waals surface area contributed by atoms with Gasteiger partial charge in [-0.1, -0.05) is 32.1 Å². The number of nitrogens with two attached hydrogens (primary N) is 1. The van der Waals surface area contributed by atoms with Crippen LogP contribution in [0.3, 0.4) is 0 Å². The van der Waals surface area contributed by atoms with Gasteiger partial charge in [0.25, 0.3) is 0 Å². The van der Waals surface area contributed by atoms with Crippen LogP contribution in [0, 0.1) is 13.8 Å². The van der Waals surface area contributed by atoms with Crippen LogP contribution in [-0.2, 0) is 4.79 Å². The van der Waals surface area contributed by atoms with E-state index >= 15 is 0 Å². The lowest BCUT2D eigenvalue weighted by atomic mass is 9.96. The Kier molecular flexibility index (Phi) is 6.90. The molecule has 182 valence electrons. The topological polar surface area (TPSA) is 117 Å². The van der Waals surface area contributed by atoms with Gasteiger partial charge in [-0.15, -0.1) is 0 Å². The molecule has 0 aromatic carbocycles. The van der Waals surface area contributed by atoms with Crippen molar-refractivity contribution in [3.63, 3.8) is 0 Å². The van der Waals surface area contributed by atoms with E-state index in [1.807, 2.05) is 4.52 Å². The van der Waals surface area contributed by atoms with Crippen molar-refractivity contribution < 1.29 is 4.79 Å². The first kappa shape index (κ1) is 24.2. The van der Waals surface area contributed by atoms with E-state index in [-0.39, 0.29) is 18.5 Å². The van der Waals surface area contributed by atoms with Gasteiger partial charge in [0.1, 0.15) is 16.7 Å². The predicted molar refractivity (Wildman–Crippen MR) is 139 cm³/mol. The second-order valence-electron chi connectivity index (χ2n) is 9.20. The Morgan fingerprint density at radius 1 is 1.29 bits per heavy atom. The lowest BCUT2D eigenvalue weighted by molar-refractivity contribution is -0.117. The number of primary amides is 1. The minimum absolute atomic E-state index is 0.177. The third kappa shape index (κ3) is 4.39. The number of thiazole rings is 1. The number of nitrogens with one attached hydrogen (secondary N) is 2. The molecule has 4 aromatic heterocycles. The highest BCUT2D eigenvalue weighted by Crippen LogP contribution is 2.41. The molecular formula is C24H34N8OS.